The Bertz CT molecular complexity index is 3420. The number of hydrogen-bond acceptors (Lipinski definition) is 3. The zero-order chi connectivity index (χ0) is 39.6. The molecule has 2 heterocycles. The zero-order valence-electron chi connectivity index (χ0n) is 32.6. The first-order valence-electron chi connectivity index (χ1n) is 20.4. The van der Waals surface area contributed by atoms with E-state index in [0.717, 1.165) is 50.3 Å². The maximum absolute atomic E-state index is 6.18. The van der Waals surface area contributed by atoms with Gasteiger partial charge in [0.1, 0.15) is 11.1 Å². The number of para-hydroxylation sites is 1. The van der Waals surface area contributed by atoms with Crippen molar-refractivity contribution in [1.82, 2.24) is 4.98 Å². The summed E-state index contributed by atoms with van der Waals surface area (Å²) in [5.41, 5.74) is 12.6. The zero-order valence-corrected chi connectivity index (χ0v) is 32.6. The number of rotatable bonds is 6. The highest BCUT2D eigenvalue weighted by molar-refractivity contribution is 6.09. The third kappa shape index (κ3) is 5.79. The summed E-state index contributed by atoms with van der Waals surface area (Å²) in [6.07, 6.45) is 1.94. The average molecular weight is 765 g/mol. The van der Waals surface area contributed by atoms with Gasteiger partial charge in [0, 0.05) is 34.2 Å². The lowest BCUT2D eigenvalue weighted by atomic mass is 9.97. The Morgan fingerprint density at radius 1 is 0.300 bits per heavy atom. The monoisotopic (exact) mass is 764 g/mol. The summed E-state index contributed by atoms with van der Waals surface area (Å²) in [4.78, 5) is 7.15. The van der Waals surface area contributed by atoms with Crippen LogP contribution in [0, 0.1) is 0 Å². The molecule has 12 rings (SSSR count). The summed E-state index contributed by atoms with van der Waals surface area (Å²) >= 11 is 0. The summed E-state index contributed by atoms with van der Waals surface area (Å²) in [6.45, 7) is 0. The van der Waals surface area contributed by atoms with Gasteiger partial charge in [-0.2, -0.15) is 0 Å². The van der Waals surface area contributed by atoms with Crippen LogP contribution in [0.25, 0.3) is 98.5 Å². The average Bonchev–Trinajstić information content (AvgIpc) is 3.70. The fraction of sp³-hybridized carbons (Fsp3) is 0. The van der Waals surface area contributed by atoms with Crippen molar-refractivity contribution in [2.24, 2.45) is 0 Å². The highest BCUT2D eigenvalue weighted by atomic mass is 16.3. The van der Waals surface area contributed by atoms with Crippen molar-refractivity contribution in [3.63, 3.8) is 0 Å². The fourth-order valence-corrected chi connectivity index (χ4v) is 8.99. The molecule has 2 aromatic heterocycles. The Kier molecular flexibility index (Phi) is 7.85. The van der Waals surface area contributed by atoms with Crippen LogP contribution in [-0.2, 0) is 0 Å². The molecule has 0 fully saturated rings. The Balaban J connectivity index is 0.908. The minimum absolute atomic E-state index is 0.791. The van der Waals surface area contributed by atoms with Gasteiger partial charge in [0.15, 0.2) is 5.58 Å². The van der Waals surface area contributed by atoms with E-state index in [1.807, 2.05) is 24.4 Å². The van der Waals surface area contributed by atoms with Crippen LogP contribution >= 0.6 is 0 Å². The topological polar surface area (TPSA) is 29.3 Å². The molecule has 60 heavy (non-hydrogen) atoms. The highest BCUT2D eigenvalue weighted by Gasteiger charge is 2.16. The third-order valence-electron chi connectivity index (χ3n) is 12.1. The molecule has 0 saturated carbocycles. The summed E-state index contributed by atoms with van der Waals surface area (Å²) in [7, 11) is 0. The molecule has 0 aliphatic carbocycles. The van der Waals surface area contributed by atoms with Crippen molar-refractivity contribution in [3.8, 4) is 33.4 Å². The normalized spacial score (nSPS) is 11.7. The second-order valence-corrected chi connectivity index (χ2v) is 15.6. The van der Waals surface area contributed by atoms with Gasteiger partial charge in [0.05, 0.1) is 0 Å². The molecule has 0 aliphatic rings. The quantitative estimate of drug-likeness (QED) is 0.158. The summed E-state index contributed by atoms with van der Waals surface area (Å²) < 4.78 is 6.18. The van der Waals surface area contributed by atoms with E-state index in [-0.39, 0.29) is 0 Å². The Morgan fingerprint density at radius 3 is 1.25 bits per heavy atom. The Hall–Kier alpha value is -8.01. The molecule has 280 valence electrons. The van der Waals surface area contributed by atoms with Crippen LogP contribution < -0.4 is 4.90 Å². The molecule has 3 heteroatoms. The van der Waals surface area contributed by atoms with Gasteiger partial charge >= 0.3 is 0 Å². The molecule has 12 aromatic rings. The summed E-state index contributed by atoms with van der Waals surface area (Å²) in [5, 5.41) is 11.2. The maximum Gasteiger partial charge on any atom is 0.154 e. The highest BCUT2D eigenvalue weighted by Crippen LogP contribution is 2.39. The predicted octanol–water partition coefficient (Wildman–Crippen LogP) is 16.1. The van der Waals surface area contributed by atoms with E-state index < -0.39 is 0 Å². The van der Waals surface area contributed by atoms with Crippen LogP contribution in [-0.4, -0.2) is 4.98 Å². The number of nitrogens with zero attached hydrogens (tertiary/aromatic N) is 2. The van der Waals surface area contributed by atoms with Gasteiger partial charge in [-0.1, -0.05) is 146 Å². The molecule has 0 saturated heterocycles. The van der Waals surface area contributed by atoms with Crippen molar-refractivity contribution < 1.29 is 4.42 Å². The lowest BCUT2D eigenvalue weighted by Crippen LogP contribution is -2.09. The number of anilines is 3. The molecule has 3 nitrogen and oxygen atoms in total. The summed E-state index contributed by atoms with van der Waals surface area (Å²) in [6, 6.07) is 76.5. The minimum atomic E-state index is 0.791. The van der Waals surface area contributed by atoms with Crippen molar-refractivity contribution in [2.45, 2.75) is 0 Å². The maximum atomic E-state index is 6.18. The van der Waals surface area contributed by atoms with Gasteiger partial charge in [-0.25, -0.2) is 0 Å². The van der Waals surface area contributed by atoms with Gasteiger partial charge in [-0.3, -0.25) is 4.98 Å². The number of furan rings is 1. The number of pyridine rings is 1. The fourth-order valence-electron chi connectivity index (χ4n) is 8.99. The molecule has 0 amide bonds. The van der Waals surface area contributed by atoms with Gasteiger partial charge < -0.3 is 9.32 Å². The Labute approximate surface area is 347 Å². The predicted molar refractivity (Wildman–Crippen MR) is 253 cm³/mol. The van der Waals surface area contributed by atoms with Gasteiger partial charge in [-0.15, -0.1) is 0 Å². The van der Waals surface area contributed by atoms with E-state index >= 15 is 0 Å². The third-order valence-corrected chi connectivity index (χ3v) is 12.1. The second kappa shape index (κ2) is 13.8. The van der Waals surface area contributed by atoms with Crippen molar-refractivity contribution in [1.29, 1.82) is 0 Å². The minimum Gasteiger partial charge on any atom is -0.454 e. The molecule has 0 bridgehead atoms. The lowest BCUT2D eigenvalue weighted by Gasteiger charge is -2.26. The number of aromatic nitrogens is 1. The van der Waals surface area contributed by atoms with E-state index in [0.29, 0.717) is 0 Å². The summed E-state index contributed by atoms with van der Waals surface area (Å²) in [5.74, 6) is 0. The second-order valence-electron chi connectivity index (χ2n) is 15.6. The van der Waals surface area contributed by atoms with Crippen LogP contribution in [0.4, 0.5) is 17.1 Å². The van der Waals surface area contributed by atoms with Crippen LogP contribution in [0.15, 0.2) is 223 Å². The van der Waals surface area contributed by atoms with Crippen LogP contribution in [0.1, 0.15) is 0 Å². The standard InChI is InChI=1S/C57H36N2O/c1-3-9-50-40(7-1)13-15-44-33-42(23-31-52(44)50)37-17-25-47(26-18-37)59(49-29-21-39(22-30-49)46-35-56-57(58-36-46)54-11-5-6-12-55(54)60-56)48-27-19-38(20-28-48)43-24-32-53-45(34-43)16-14-41-8-2-4-10-51(41)53/h1-36H. The van der Waals surface area contributed by atoms with E-state index in [4.69, 9.17) is 9.40 Å². The van der Waals surface area contributed by atoms with Crippen LogP contribution in [0.5, 0.6) is 0 Å². The molecule has 0 atom stereocenters. The first-order valence-corrected chi connectivity index (χ1v) is 20.4. The van der Waals surface area contributed by atoms with E-state index in [9.17, 15) is 0 Å². The van der Waals surface area contributed by atoms with Crippen LogP contribution in [0.2, 0.25) is 0 Å². The van der Waals surface area contributed by atoms with E-state index in [1.54, 1.807) is 0 Å². The van der Waals surface area contributed by atoms with E-state index in [2.05, 4.69) is 199 Å². The first-order chi connectivity index (χ1) is 29.7. The lowest BCUT2D eigenvalue weighted by molar-refractivity contribution is 0.668. The molecule has 0 radical (unpaired) electrons. The van der Waals surface area contributed by atoms with Gasteiger partial charge in [0.25, 0.3) is 0 Å². The van der Waals surface area contributed by atoms with Crippen molar-refractivity contribution in [3.05, 3.63) is 219 Å². The molecular formula is C57H36N2O. The Morgan fingerprint density at radius 2 is 0.717 bits per heavy atom. The molecule has 10 aromatic carbocycles. The van der Waals surface area contributed by atoms with Gasteiger partial charge in [-0.05, 0) is 138 Å². The van der Waals surface area contributed by atoms with Crippen molar-refractivity contribution in [2.75, 3.05) is 4.90 Å². The van der Waals surface area contributed by atoms with Gasteiger partial charge in [0.2, 0.25) is 0 Å². The number of benzene rings is 10. The molecule has 0 unspecified atom stereocenters. The van der Waals surface area contributed by atoms with Crippen LogP contribution in [0.3, 0.4) is 0 Å². The number of fused-ring (bicyclic) bond motifs is 9. The smallest absolute Gasteiger partial charge is 0.154 e. The molecule has 0 N–H and O–H groups in total. The molecular weight excluding hydrogens is 729 g/mol. The largest absolute Gasteiger partial charge is 0.454 e. The molecule has 0 aliphatic heterocycles. The van der Waals surface area contributed by atoms with Crippen molar-refractivity contribution >= 4 is 82.2 Å². The first kappa shape index (κ1) is 34.1. The SMILES string of the molecule is c1ccc2c(c1)ccc1cc(-c3ccc(N(c4ccc(-c5ccc6c(ccc7ccccc76)c5)cc4)c4ccc(-c5cnc6c(c5)oc5ccccc56)cc4)cc3)ccc12. The number of hydrogen-bond donors (Lipinski definition) is 0. The molecule has 0 spiro atoms. The van der Waals surface area contributed by atoms with E-state index in [1.165, 1.54) is 65.3 Å².